The summed E-state index contributed by atoms with van der Waals surface area (Å²) in [4.78, 5) is 10.4. The van der Waals surface area contributed by atoms with Gasteiger partial charge in [0.25, 0.3) is 5.91 Å². The van der Waals surface area contributed by atoms with E-state index >= 15 is 0 Å². The van der Waals surface area contributed by atoms with Gasteiger partial charge in [0.05, 0.1) is 6.20 Å². The summed E-state index contributed by atoms with van der Waals surface area (Å²) in [5, 5.41) is 2.90. The Morgan fingerprint density at radius 1 is 1.54 bits per heavy atom. The van der Waals surface area contributed by atoms with Crippen molar-refractivity contribution >= 4 is 18.3 Å². The van der Waals surface area contributed by atoms with Crippen LogP contribution in [0.5, 0.6) is 0 Å². The van der Waals surface area contributed by atoms with Crippen molar-refractivity contribution in [3.63, 3.8) is 0 Å². The van der Waals surface area contributed by atoms with Crippen molar-refractivity contribution < 1.29 is 18.0 Å². The van der Waals surface area contributed by atoms with Crippen LogP contribution < -0.4 is 5.73 Å². The van der Waals surface area contributed by atoms with Crippen LogP contribution >= 0.6 is 12.4 Å². The van der Waals surface area contributed by atoms with Crippen LogP contribution in [0.4, 0.5) is 13.2 Å². The maximum atomic E-state index is 11.9. The molecule has 0 aliphatic heterocycles. The quantitative estimate of drug-likeness (QED) is 0.756. The highest BCUT2D eigenvalue weighted by atomic mass is 35.5. The lowest BCUT2D eigenvalue weighted by atomic mass is 10.4. The number of aromatic nitrogens is 2. The van der Waals surface area contributed by atoms with E-state index in [1.54, 1.807) is 0 Å². The molecule has 0 fully saturated rings. The third kappa shape index (κ3) is 2.35. The fourth-order valence-corrected chi connectivity index (χ4v) is 0.692. The fourth-order valence-electron chi connectivity index (χ4n) is 0.692. The highest BCUT2D eigenvalue weighted by Gasteiger charge is 2.34. The van der Waals surface area contributed by atoms with Gasteiger partial charge in [-0.1, -0.05) is 0 Å². The summed E-state index contributed by atoms with van der Waals surface area (Å²) >= 11 is 0. The number of nitrogens with two attached hydrogens (primary N) is 1. The first-order valence-electron chi connectivity index (χ1n) is 2.84. The van der Waals surface area contributed by atoms with Crippen molar-refractivity contribution in [3.8, 4) is 0 Å². The number of nitrogens with zero attached hydrogens (tertiary/aromatic N) is 2. The van der Waals surface area contributed by atoms with Crippen LogP contribution in [0.3, 0.4) is 0 Å². The van der Waals surface area contributed by atoms with Crippen LogP contribution in [-0.4, -0.2) is 15.7 Å². The topological polar surface area (TPSA) is 60.9 Å². The summed E-state index contributed by atoms with van der Waals surface area (Å²) in [5.41, 5.74) is 3.98. The zero-order chi connectivity index (χ0) is 9.35. The molecule has 1 heterocycles. The number of rotatable bonds is 1. The van der Waals surface area contributed by atoms with Gasteiger partial charge in [-0.25, -0.2) is 0 Å². The van der Waals surface area contributed by atoms with Crippen LogP contribution in [0, 0.1) is 0 Å². The average molecular weight is 216 g/mol. The largest absolute Gasteiger partial charge is 0.505 e. The van der Waals surface area contributed by atoms with Crippen molar-refractivity contribution in [3.05, 3.63) is 18.0 Å². The Hall–Kier alpha value is -1.24. The average Bonchev–Trinajstić information content (AvgIpc) is 2.30. The number of hydrogen-bond donors (Lipinski definition) is 1. The standard InChI is InChI=1S/C5H4F3N3O.ClH/c6-5(7,8)11-3(4(9)12)1-2-10-11;/h1-2H,(H2,9,12);1H. The minimum Gasteiger partial charge on any atom is -0.364 e. The second-order valence-electron chi connectivity index (χ2n) is 1.96. The molecule has 0 spiro atoms. The van der Waals surface area contributed by atoms with E-state index < -0.39 is 17.9 Å². The number of halogens is 4. The molecule has 4 nitrogen and oxygen atoms in total. The van der Waals surface area contributed by atoms with Gasteiger partial charge in [-0.3, -0.25) is 4.79 Å². The molecule has 1 amide bonds. The molecule has 0 bridgehead atoms. The van der Waals surface area contributed by atoms with Gasteiger partial charge in [0.2, 0.25) is 0 Å². The molecular formula is C5H5ClF3N3O. The molecule has 0 aliphatic rings. The Morgan fingerprint density at radius 2 is 2.08 bits per heavy atom. The van der Waals surface area contributed by atoms with Gasteiger partial charge in [0.1, 0.15) is 5.69 Å². The van der Waals surface area contributed by atoms with Crippen LogP contribution in [0.15, 0.2) is 12.3 Å². The van der Waals surface area contributed by atoms with Crippen molar-refractivity contribution in [1.82, 2.24) is 9.78 Å². The number of carbonyl (C=O) groups excluding carboxylic acids is 1. The Kier molecular flexibility index (Phi) is 3.30. The first kappa shape index (κ1) is 11.8. The van der Waals surface area contributed by atoms with E-state index in [-0.39, 0.29) is 17.1 Å². The van der Waals surface area contributed by atoms with E-state index in [0.717, 1.165) is 12.3 Å². The van der Waals surface area contributed by atoms with Gasteiger partial charge in [0.15, 0.2) is 0 Å². The third-order valence-electron chi connectivity index (χ3n) is 1.14. The molecular weight excluding hydrogens is 211 g/mol. The molecule has 13 heavy (non-hydrogen) atoms. The molecule has 8 heteroatoms. The molecule has 0 radical (unpaired) electrons. The minimum absolute atomic E-state index is 0. The number of alkyl halides is 3. The van der Waals surface area contributed by atoms with E-state index in [2.05, 4.69) is 10.8 Å². The summed E-state index contributed by atoms with van der Waals surface area (Å²) in [6, 6.07) is 0.899. The van der Waals surface area contributed by atoms with Crippen LogP contribution in [0.1, 0.15) is 10.5 Å². The molecule has 0 saturated heterocycles. The van der Waals surface area contributed by atoms with Gasteiger partial charge < -0.3 is 5.73 Å². The summed E-state index contributed by atoms with van der Waals surface area (Å²) in [6.07, 6.45) is -3.85. The molecule has 0 aliphatic carbocycles. The SMILES string of the molecule is Cl.NC(=O)c1ccnn1C(F)(F)F. The zero-order valence-electron chi connectivity index (χ0n) is 6.08. The van der Waals surface area contributed by atoms with Gasteiger partial charge in [-0.05, 0) is 6.07 Å². The molecule has 0 atom stereocenters. The Labute approximate surface area is 76.9 Å². The lowest BCUT2D eigenvalue weighted by Gasteiger charge is -2.07. The zero-order valence-corrected chi connectivity index (χ0v) is 6.89. The lowest BCUT2D eigenvalue weighted by Crippen LogP contribution is -2.26. The fraction of sp³-hybridized carbons (Fsp3) is 0.200. The van der Waals surface area contributed by atoms with Gasteiger partial charge in [-0.15, -0.1) is 25.6 Å². The highest BCUT2D eigenvalue weighted by Crippen LogP contribution is 2.22. The molecule has 74 valence electrons. The van der Waals surface area contributed by atoms with E-state index in [1.165, 1.54) is 0 Å². The molecule has 1 rings (SSSR count). The summed E-state index contributed by atoms with van der Waals surface area (Å²) in [7, 11) is 0. The van der Waals surface area contributed by atoms with Gasteiger partial charge in [0, 0.05) is 0 Å². The molecule has 0 aromatic carbocycles. The number of hydrogen-bond acceptors (Lipinski definition) is 2. The minimum atomic E-state index is -4.70. The lowest BCUT2D eigenvalue weighted by molar-refractivity contribution is -0.212. The first-order valence-corrected chi connectivity index (χ1v) is 2.84. The maximum Gasteiger partial charge on any atom is 0.505 e. The van der Waals surface area contributed by atoms with E-state index in [4.69, 9.17) is 0 Å². The second kappa shape index (κ2) is 3.65. The van der Waals surface area contributed by atoms with Crippen LogP contribution in [-0.2, 0) is 6.30 Å². The molecule has 2 N–H and O–H groups in total. The van der Waals surface area contributed by atoms with E-state index in [1.807, 2.05) is 0 Å². The third-order valence-corrected chi connectivity index (χ3v) is 1.14. The Bertz CT molecular complexity index is 308. The number of primary amides is 1. The van der Waals surface area contributed by atoms with Crippen LogP contribution in [0.25, 0.3) is 0 Å². The number of carbonyl (C=O) groups is 1. The predicted molar refractivity (Wildman–Crippen MR) is 39.3 cm³/mol. The monoisotopic (exact) mass is 215 g/mol. The van der Waals surface area contributed by atoms with Crippen molar-refractivity contribution in [2.24, 2.45) is 5.73 Å². The Balaban J connectivity index is 0.00000144. The highest BCUT2D eigenvalue weighted by molar-refractivity contribution is 5.90. The van der Waals surface area contributed by atoms with E-state index in [0.29, 0.717) is 0 Å². The van der Waals surface area contributed by atoms with Crippen molar-refractivity contribution in [2.45, 2.75) is 6.30 Å². The van der Waals surface area contributed by atoms with Gasteiger partial charge >= 0.3 is 6.30 Å². The summed E-state index contributed by atoms with van der Waals surface area (Å²) in [6.45, 7) is 0. The first-order chi connectivity index (χ1) is 5.43. The Morgan fingerprint density at radius 3 is 2.38 bits per heavy atom. The molecule has 0 unspecified atom stereocenters. The van der Waals surface area contributed by atoms with Gasteiger partial charge in [-0.2, -0.15) is 9.78 Å². The predicted octanol–water partition coefficient (Wildman–Crippen LogP) is 0.880. The van der Waals surface area contributed by atoms with Crippen LogP contribution in [0.2, 0.25) is 0 Å². The van der Waals surface area contributed by atoms with Crippen molar-refractivity contribution in [2.75, 3.05) is 0 Å². The smallest absolute Gasteiger partial charge is 0.364 e. The normalized spacial score (nSPS) is 10.7. The maximum absolute atomic E-state index is 11.9. The second-order valence-corrected chi connectivity index (χ2v) is 1.96. The van der Waals surface area contributed by atoms with Crippen molar-refractivity contribution in [1.29, 1.82) is 0 Å². The summed E-state index contributed by atoms with van der Waals surface area (Å²) < 4.78 is 35.4. The molecule has 0 saturated carbocycles. The summed E-state index contributed by atoms with van der Waals surface area (Å²) in [5.74, 6) is -1.16. The molecule has 1 aromatic heterocycles. The molecule has 1 aromatic rings. The van der Waals surface area contributed by atoms with E-state index in [9.17, 15) is 18.0 Å². The number of amides is 1.